The van der Waals surface area contributed by atoms with E-state index in [2.05, 4.69) is 112 Å². The van der Waals surface area contributed by atoms with Crippen molar-refractivity contribution in [3.05, 3.63) is 108 Å². The molecule has 0 bridgehead atoms. The number of rotatable bonds is 3. The normalized spacial score (nSPS) is 11.4. The highest BCUT2D eigenvalue weighted by Gasteiger charge is 2.31. The molecule has 34 heavy (non-hydrogen) atoms. The van der Waals surface area contributed by atoms with E-state index in [1.165, 1.54) is 29.4 Å². The van der Waals surface area contributed by atoms with Crippen LogP contribution >= 0.6 is 0 Å². The molecular weight excluding hydrogens is 429 g/mol. The van der Waals surface area contributed by atoms with Crippen LogP contribution in [0.2, 0.25) is 0 Å². The number of hydrogen-bond donors (Lipinski definition) is 0. The van der Waals surface area contributed by atoms with E-state index in [9.17, 15) is 0 Å². The highest BCUT2D eigenvalue weighted by atomic mass is 27.2. The second kappa shape index (κ2) is 8.33. The van der Waals surface area contributed by atoms with Crippen LogP contribution in [-0.4, -0.2) is 29.1 Å². The minimum Gasteiger partial charge on any atom is -0.254 e. The Kier molecular flexibility index (Phi) is 5.14. The minimum absolute atomic E-state index is 1.03. The van der Waals surface area contributed by atoms with Gasteiger partial charge in [-0.05, 0) is 55.1 Å². The molecule has 0 saturated heterocycles. The van der Waals surface area contributed by atoms with Gasteiger partial charge in [-0.1, -0.05) is 86.1 Å². The van der Waals surface area contributed by atoms with Gasteiger partial charge >= 0.3 is 14.1 Å². The molecule has 0 unspecified atom stereocenters. The zero-order valence-electron chi connectivity index (χ0n) is 19.6. The summed E-state index contributed by atoms with van der Waals surface area (Å²) in [5.74, 6) is 0. The van der Waals surface area contributed by atoms with Crippen LogP contribution < -0.4 is 13.3 Å². The van der Waals surface area contributed by atoms with Gasteiger partial charge in [0.15, 0.2) is 0 Å². The molecule has 3 nitrogen and oxygen atoms in total. The van der Waals surface area contributed by atoms with E-state index >= 15 is 0 Å². The van der Waals surface area contributed by atoms with Crippen molar-refractivity contribution in [3.63, 3.8) is 0 Å². The number of para-hydroxylation sites is 3. The number of benzene rings is 3. The van der Waals surface area contributed by atoms with Crippen LogP contribution in [0.25, 0.3) is 32.7 Å². The summed E-state index contributed by atoms with van der Waals surface area (Å²) in [6.45, 7) is 6.20. The van der Waals surface area contributed by atoms with Gasteiger partial charge in [-0.3, -0.25) is 15.0 Å². The number of fused-ring (bicyclic) bond motifs is 3. The quantitative estimate of drug-likeness (QED) is 0.362. The van der Waals surface area contributed by atoms with E-state index in [1.807, 2.05) is 0 Å². The standard InChI is InChI=1S/3C10H8N.Al/c3*1-8-6-7-9-4-2-3-5-10(9)11-8;/h3*2-4,6-7H,1H3;. The molecule has 0 atom stereocenters. The lowest BCUT2D eigenvalue weighted by atomic mass is 10.2. The first-order valence-electron chi connectivity index (χ1n) is 11.7. The van der Waals surface area contributed by atoms with Crippen molar-refractivity contribution in [1.82, 2.24) is 15.0 Å². The number of pyridine rings is 3. The van der Waals surface area contributed by atoms with Crippen LogP contribution in [0.1, 0.15) is 17.1 Å². The summed E-state index contributed by atoms with van der Waals surface area (Å²) in [7, 11) is 0. The van der Waals surface area contributed by atoms with Crippen molar-refractivity contribution in [2.45, 2.75) is 20.8 Å². The fourth-order valence-corrected chi connectivity index (χ4v) is 8.43. The van der Waals surface area contributed by atoms with Gasteiger partial charge in [0.2, 0.25) is 0 Å². The molecule has 3 aromatic heterocycles. The maximum atomic E-state index is 5.04. The Morgan fingerprint density at radius 3 is 1.06 bits per heavy atom. The first-order valence-corrected chi connectivity index (χ1v) is 13.4. The summed E-state index contributed by atoms with van der Waals surface area (Å²) in [6, 6.07) is 32.6. The molecule has 3 heterocycles. The van der Waals surface area contributed by atoms with Crippen molar-refractivity contribution in [2.75, 3.05) is 0 Å². The summed E-state index contributed by atoms with van der Waals surface area (Å²) in [6.07, 6.45) is 0. The van der Waals surface area contributed by atoms with Gasteiger partial charge in [-0.25, -0.2) is 0 Å². The van der Waals surface area contributed by atoms with Crippen LogP contribution in [0.4, 0.5) is 0 Å². The first kappa shape index (κ1) is 21.0. The highest BCUT2D eigenvalue weighted by Crippen LogP contribution is 2.17. The lowest BCUT2D eigenvalue weighted by molar-refractivity contribution is 1.26. The Balaban J connectivity index is 1.76. The third-order valence-electron chi connectivity index (χ3n) is 6.61. The molecular formula is C30H24AlN3. The Labute approximate surface area is 203 Å². The van der Waals surface area contributed by atoms with Gasteiger partial charge in [0.05, 0.1) is 16.6 Å². The van der Waals surface area contributed by atoms with Gasteiger partial charge in [0.25, 0.3) is 0 Å². The Morgan fingerprint density at radius 1 is 0.412 bits per heavy atom. The van der Waals surface area contributed by atoms with Crippen LogP contribution in [0.3, 0.4) is 0 Å². The molecule has 4 heteroatoms. The molecule has 0 aliphatic carbocycles. The van der Waals surface area contributed by atoms with E-state index < -0.39 is 14.1 Å². The van der Waals surface area contributed by atoms with Crippen molar-refractivity contribution in [3.8, 4) is 0 Å². The zero-order chi connectivity index (χ0) is 23.2. The van der Waals surface area contributed by atoms with E-state index in [1.54, 1.807) is 0 Å². The van der Waals surface area contributed by atoms with Crippen molar-refractivity contribution < 1.29 is 0 Å². The van der Waals surface area contributed by atoms with Crippen LogP contribution in [0.5, 0.6) is 0 Å². The van der Waals surface area contributed by atoms with Gasteiger partial charge in [-0.15, -0.1) is 0 Å². The third kappa shape index (κ3) is 3.57. The number of aromatic nitrogens is 3. The average Bonchev–Trinajstić information content (AvgIpc) is 2.85. The smallest absolute Gasteiger partial charge is 0.254 e. The number of hydrogen-bond acceptors (Lipinski definition) is 3. The second-order valence-electron chi connectivity index (χ2n) is 9.05. The minimum atomic E-state index is -2.01. The van der Waals surface area contributed by atoms with Gasteiger partial charge < -0.3 is 0 Å². The predicted octanol–water partition coefficient (Wildman–Crippen LogP) is 4.77. The summed E-state index contributed by atoms with van der Waals surface area (Å²) >= 11 is -2.01. The Hall–Kier alpha value is -3.58. The largest absolute Gasteiger partial charge is 0.393 e. The van der Waals surface area contributed by atoms with E-state index in [0.29, 0.717) is 0 Å². The van der Waals surface area contributed by atoms with Gasteiger partial charge in [0.1, 0.15) is 0 Å². The Morgan fingerprint density at radius 2 is 0.735 bits per heavy atom. The number of aryl methyl sites for hydroxylation is 3. The van der Waals surface area contributed by atoms with Crippen LogP contribution in [0, 0.1) is 20.8 Å². The number of nitrogens with zero attached hydrogens (tertiary/aromatic N) is 3. The monoisotopic (exact) mass is 453 g/mol. The van der Waals surface area contributed by atoms with Crippen LogP contribution in [-0.2, 0) is 0 Å². The van der Waals surface area contributed by atoms with Gasteiger partial charge in [-0.2, -0.15) is 0 Å². The SMILES string of the molecule is Cc1ccc2ccc[c]([Al]([c]3cccc4ccc(C)nc34)[c]3cccc4ccc(C)nc34)c2n1. The molecule has 0 saturated carbocycles. The lowest BCUT2D eigenvalue weighted by Crippen LogP contribution is -2.53. The molecule has 0 N–H and O–H groups in total. The fourth-order valence-electron chi connectivity index (χ4n) is 5.00. The zero-order valence-corrected chi connectivity index (χ0v) is 20.7. The predicted molar refractivity (Wildman–Crippen MR) is 144 cm³/mol. The van der Waals surface area contributed by atoms with Crippen LogP contribution in [0.15, 0.2) is 91.0 Å². The maximum absolute atomic E-state index is 5.04. The molecule has 3 aromatic carbocycles. The average molecular weight is 454 g/mol. The fraction of sp³-hybridized carbons (Fsp3) is 0.100. The molecule has 162 valence electrons. The summed E-state index contributed by atoms with van der Waals surface area (Å²) in [5.41, 5.74) is 6.37. The van der Waals surface area contributed by atoms with E-state index in [0.717, 1.165) is 33.6 Å². The molecule has 0 spiro atoms. The maximum Gasteiger partial charge on any atom is 0.393 e. The first-order chi connectivity index (χ1) is 16.6. The van der Waals surface area contributed by atoms with E-state index in [-0.39, 0.29) is 0 Å². The molecule has 6 rings (SSSR count). The summed E-state index contributed by atoms with van der Waals surface area (Å²) < 4.78 is 3.94. The molecule has 6 aromatic rings. The third-order valence-corrected chi connectivity index (χ3v) is 9.87. The Bertz CT molecular complexity index is 1500. The molecule has 0 amide bonds. The molecule has 0 aliphatic rings. The van der Waals surface area contributed by atoms with Crippen molar-refractivity contribution in [1.29, 1.82) is 0 Å². The van der Waals surface area contributed by atoms with Gasteiger partial charge in [0, 0.05) is 17.1 Å². The van der Waals surface area contributed by atoms with Crippen molar-refractivity contribution in [2.24, 2.45) is 0 Å². The van der Waals surface area contributed by atoms with E-state index in [4.69, 9.17) is 15.0 Å². The lowest BCUT2D eigenvalue weighted by Gasteiger charge is -2.19. The summed E-state index contributed by atoms with van der Waals surface area (Å²) in [5, 5.41) is 3.53. The second-order valence-corrected chi connectivity index (χ2v) is 11.8. The topological polar surface area (TPSA) is 38.7 Å². The molecule has 0 radical (unpaired) electrons. The molecule has 0 aliphatic heterocycles. The molecule has 0 fully saturated rings. The van der Waals surface area contributed by atoms with Crippen molar-refractivity contribution >= 4 is 60.1 Å². The highest BCUT2D eigenvalue weighted by molar-refractivity contribution is 6.99. The summed E-state index contributed by atoms with van der Waals surface area (Å²) in [4.78, 5) is 15.1.